The van der Waals surface area contributed by atoms with Crippen LogP contribution in [0.5, 0.6) is 5.75 Å². The predicted octanol–water partition coefficient (Wildman–Crippen LogP) is 4.22. The molecule has 5 atom stereocenters. The first-order valence-corrected chi connectivity index (χ1v) is 14.9. The summed E-state index contributed by atoms with van der Waals surface area (Å²) in [6.45, 7) is 8.52. The molecule has 0 saturated carbocycles. The maximum Gasteiger partial charge on any atom is 0.459 e. The van der Waals surface area contributed by atoms with Crippen molar-refractivity contribution in [3.63, 3.8) is 0 Å². The van der Waals surface area contributed by atoms with E-state index in [1.165, 1.54) is 13.3 Å². The number of carbonyl (C=O) groups is 1. The van der Waals surface area contributed by atoms with E-state index in [-0.39, 0.29) is 30.1 Å². The normalized spacial score (nSPS) is 22.9. The van der Waals surface area contributed by atoms with Crippen molar-refractivity contribution >= 4 is 36.6 Å². The van der Waals surface area contributed by atoms with Crippen LogP contribution in [0.1, 0.15) is 47.3 Å². The molecule has 13 nitrogen and oxygen atoms in total. The maximum atomic E-state index is 16.1. The Labute approximate surface area is 238 Å². The van der Waals surface area contributed by atoms with Crippen LogP contribution in [0.15, 0.2) is 36.7 Å². The van der Waals surface area contributed by atoms with E-state index in [1.54, 1.807) is 48.7 Å². The Morgan fingerprint density at radius 2 is 2.02 bits per heavy atom. The lowest BCUT2D eigenvalue weighted by Crippen LogP contribution is -2.37. The summed E-state index contributed by atoms with van der Waals surface area (Å²) in [7, 11) is -2.44. The summed E-state index contributed by atoms with van der Waals surface area (Å²) in [5.74, 6) is -2.57. The fourth-order valence-corrected chi connectivity index (χ4v) is 5.94. The highest BCUT2D eigenvalue weighted by molar-refractivity contribution is 7.52. The van der Waals surface area contributed by atoms with Crippen LogP contribution in [-0.4, -0.2) is 63.7 Å². The van der Waals surface area contributed by atoms with Crippen molar-refractivity contribution < 1.29 is 32.3 Å². The first-order chi connectivity index (χ1) is 19.3. The number of hydrogen-bond donors (Lipinski definition) is 2. The van der Waals surface area contributed by atoms with E-state index in [9.17, 15) is 9.36 Å². The zero-order valence-electron chi connectivity index (χ0n) is 24.0. The number of para-hydroxylation sites is 1. The van der Waals surface area contributed by atoms with Gasteiger partial charge in [0.1, 0.15) is 24.6 Å². The van der Waals surface area contributed by atoms with Gasteiger partial charge in [-0.25, -0.2) is 13.9 Å². The maximum absolute atomic E-state index is 16.1. The van der Waals surface area contributed by atoms with Crippen LogP contribution >= 0.6 is 7.75 Å². The number of benzene rings is 1. The Hall–Kier alpha value is -3.32. The van der Waals surface area contributed by atoms with Crippen LogP contribution < -0.4 is 20.2 Å². The van der Waals surface area contributed by atoms with E-state index in [2.05, 4.69) is 20.0 Å². The lowest BCUT2D eigenvalue weighted by atomic mass is 10.1. The van der Waals surface area contributed by atoms with Crippen molar-refractivity contribution in [3.8, 4) is 5.75 Å². The molecule has 4 rings (SSSR count). The number of halogens is 1. The van der Waals surface area contributed by atoms with Crippen LogP contribution in [0.3, 0.4) is 0 Å². The average Bonchev–Trinajstić information content (AvgIpc) is 3.46. The highest BCUT2D eigenvalue weighted by Gasteiger charge is 2.49. The molecule has 15 heteroatoms. The molecule has 0 unspecified atom stereocenters. The number of nitrogens with one attached hydrogen (secondary N) is 1. The summed E-state index contributed by atoms with van der Waals surface area (Å²) in [4.78, 5) is 27.3. The smallest absolute Gasteiger partial charge is 0.459 e. The summed E-state index contributed by atoms with van der Waals surface area (Å²) >= 11 is 0. The van der Waals surface area contributed by atoms with Gasteiger partial charge in [0.2, 0.25) is 11.8 Å². The monoisotopic (exact) mass is 593 g/mol. The number of ether oxygens (including phenoxy) is 2. The van der Waals surface area contributed by atoms with E-state index in [4.69, 9.17) is 24.3 Å². The Morgan fingerprint density at radius 1 is 1.32 bits per heavy atom. The van der Waals surface area contributed by atoms with Gasteiger partial charge in [0, 0.05) is 25.9 Å². The number of aromatic nitrogens is 4. The molecule has 0 aliphatic carbocycles. The first kappa shape index (κ1) is 30.6. The number of imidazole rings is 1. The highest BCUT2D eigenvalue weighted by Crippen LogP contribution is 2.49. The predicted molar refractivity (Wildman–Crippen MR) is 151 cm³/mol. The molecule has 1 aliphatic heterocycles. The van der Waals surface area contributed by atoms with E-state index >= 15 is 4.39 Å². The summed E-state index contributed by atoms with van der Waals surface area (Å²) in [5, 5.41) is 2.55. The van der Waals surface area contributed by atoms with Gasteiger partial charge in [-0.1, -0.05) is 25.1 Å². The van der Waals surface area contributed by atoms with E-state index in [0.29, 0.717) is 23.5 Å². The topological polar surface area (TPSA) is 156 Å². The zero-order valence-corrected chi connectivity index (χ0v) is 24.9. The Morgan fingerprint density at radius 3 is 2.68 bits per heavy atom. The quantitative estimate of drug-likeness (QED) is 0.228. The molecule has 1 aliphatic rings. The van der Waals surface area contributed by atoms with Crippen molar-refractivity contribution in [2.24, 2.45) is 5.92 Å². The minimum absolute atomic E-state index is 0.0465. The summed E-state index contributed by atoms with van der Waals surface area (Å²) in [5.41, 5.74) is 6.86. The fraction of sp³-hybridized carbons (Fsp3) is 0.538. The molecule has 2 aromatic heterocycles. The minimum atomic E-state index is -4.29. The number of alkyl halides is 1. The summed E-state index contributed by atoms with van der Waals surface area (Å²) < 4.78 is 53.7. The van der Waals surface area contributed by atoms with Gasteiger partial charge in [0.05, 0.1) is 12.4 Å². The number of hydrogen-bond acceptors (Lipinski definition) is 11. The second kappa shape index (κ2) is 12.3. The van der Waals surface area contributed by atoms with Gasteiger partial charge in [-0.3, -0.25) is 13.9 Å². The van der Waals surface area contributed by atoms with Gasteiger partial charge in [0.15, 0.2) is 17.0 Å². The molecular formula is C26H37FN7O6P. The van der Waals surface area contributed by atoms with E-state index in [1.807, 2.05) is 25.8 Å². The van der Waals surface area contributed by atoms with Crippen LogP contribution in [-0.2, 0) is 23.4 Å². The third kappa shape index (κ3) is 7.13. The van der Waals surface area contributed by atoms with Crippen LogP contribution in [0, 0.1) is 5.92 Å². The number of nitrogens with two attached hydrogens (primary N) is 1. The Balaban J connectivity index is 1.54. The molecule has 0 spiro atoms. The highest BCUT2D eigenvalue weighted by atomic mass is 31.2. The molecule has 3 N–H and O–H groups in total. The standard InChI is InChI=1S/C26H37FN7O6P/c1-7-33(6)21-20-22(31-25(28)30-21)34(15-29-20)23-17(4)13-26(27,39-23)14-37-41(36,40-19-11-9-8-10-12-19)32-18(5)24(35)38-16(2)3/h8-12,15-18,23H,7,13-14H2,1-6H3,(H,32,36)(H2,28,30,31)/t17-,18-,23+,26-,41+/m0/s1. The van der Waals surface area contributed by atoms with Crippen LogP contribution in [0.2, 0.25) is 0 Å². The molecule has 224 valence electrons. The number of carbonyl (C=O) groups excluding carboxylic acids is 1. The van der Waals surface area contributed by atoms with Crippen molar-refractivity contribution in [1.29, 1.82) is 0 Å². The molecule has 0 radical (unpaired) electrons. The largest absolute Gasteiger partial charge is 0.462 e. The van der Waals surface area contributed by atoms with Gasteiger partial charge < -0.3 is 24.6 Å². The molecule has 0 amide bonds. The number of esters is 1. The zero-order chi connectivity index (χ0) is 29.9. The second-order valence-corrected chi connectivity index (χ2v) is 12.0. The first-order valence-electron chi connectivity index (χ1n) is 13.4. The van der Waals surface area contributed by atoms with Crippen molar-refractivity contribution in [3.05, 3.63) is 36.7 Å². The summed E-state index contributed by atoms with van der Waals surface area (Å²) in [6, 6.07) is 7.15. The number of fused-ring (bicyclic) bond motifs is 1. The molecule has 0 bridgehead atoms. The van der Waals surface area contributed by atoms with Gasteiger partial charge >= 0.3 is 13.7 Å². The third-order valence-corrected chi connectivity index (χ3v) is 8.08. The molecule has 3 heterocycles. The van der Waals surface area contributed by atoms with Crippen molar-refractivity contribution in [2.75, 3.05) is 30.8 Å². The Kier molecular flexibility index (Phi) is 9.17. The van der Waals surface area contributed by atoms with Gasteiger partial charge in [-0.2, -0.15) is 15.1 Å². The molecule has 1 aromatic carbocycles. The lowest BCUT2D eigenvalue weighted by Gasteiger charge is -2.26. The van der Waals surface area contributed by atoms with Gasteiger partial charge in [-0.05, 0) is 39.8 Å². The van der Waals surface area contributed by atoms with Gasteiger partial charge in [0.25, 0.3) is 0 Å². The summed E-state index contributed by atoms with van der Waals surface area (Å²) in [6.07, 6.45) is 0.215. The van der Waals surface area contributed by atoms with Crippen molar-refractivity contribution in [2.45, 2.75) is 65.3 Å². The van der Waals surface area contributed by atoms with Crippen LogP contribution in [0.25, 0.3) is 11.2 Å². The van der Waals surface area contributed by atoms with Crippen molar-refractivity contribution in [1.82, 2.24) is 24.6 Å². The molecule has 1 saturated heterocycles. The number of rotatable bonds is 12. The molecule has 41 heavy (non-hydrogen) atoms. The second-order valence-electron chi connectivity index (χ2n) is 10.3. The fourth-order valence-electron chi connectivity index (χ4n) is 4.42. The number of nitrogen functional groups attached to an aromatic ring is 1. The number of anilines is 2. The minimum Gasteiger partial charge on any atom is -0.462 e. The molecular weight excluding hydrogens is 556 g/mol. The van der Waals surface area contributed by atoms with E-state index in [0.717, 1.165) is 0 Å². The van der Waals surface area contributed by atoms with E-state index < -0.39 is 38.4 Å². The Bertz CT molecular complexity index is 1410. The third-order valence-electron chi connectivity index (χ3n) is 6.45. The molecule has 1 fully saturated rings. The lowest BCUT2D eigenvalue weighted by molar-refractivity contribution is -0.173. The number of nitrogens with zero attached hydrogens (tertiary/aromatic N) is 5. The average molecular weight is 594 g/mol. The van der Waals surface area contributed by atoms with Gasteiger partial charge in [-0.15, -0.1) is 0 Å². The SMILES string of the molecule is CCN(C)c1nc(N)nc2c1ncn2[C@@H]1O[C@](F)(CO[P@](=O)(N[C@@H](C)C(=O)OC(C)C)Oc2ccccc2)C[C@@H]1C. The van der Waals surface area contributed by atoms with Crippen LogP contribution in [0.4, 0.5) is 16.2 Å². The molecule has 3 aromatic rings.